The molecule has 2 aromatic heterocycles. The largest absolute Gasteiger partial charge is 0.339 e. The maximum absolute atomic E-state index is 6.42. The number of nitrogens with one attached hydrogen (secondary N) is 1. The fourth-order valence-electron chi connectivity index (χ4n) is 2.70. The van der Waals surface area contributed by atoms with E-state index in [9.17, 15) is 0 Å². The predicted molar refractivity (Wildman–Crippen MR) is 101 cm³/mol. The van der Waals surface area contributed by atoms with E-state index >= 15 is 0 Å². The van der Waals surface area contributed by atoms with E-state index in [0.29, 0.717) is 10.8 Å². The average molecular weight is 378 g/mol. The van der Waals surface area contributed by atoms with E-state index in [0.717, 1.165) is 16.8 Å². The summed E-state index contributed by atoms with van der Waals surface area (Å²) in [5.41, 5.74) is 2.87. The quantitative estimate of drug-likeness (QED) is 0.712. The van der Waals surface area contributed by atoms with Crippen LogP contribution in [0.1, 0.15) is 5.56 Å². The van der Waals surface area contributed by atoms with Crippen molar-refractivity contribution in [1.29, 1.82) is 0 Å². The number of halogens is 2. The van der Waals surface area contributed by atoms with Gasteiger partial charge in [-0.2, -0.15) is 4.98 Å². The standard InChI is InChI=1S/C16H13Cl2N5S/c1-10-4-2-5-11(17)13(10)22-8-9-24-16(22)20-14-12-6-3-7-23(12)21-15(18)19-14/h2-9,16H,1H3,(H,19,20,21). The number of aryl methyl sites for hydroxylation is 1. The van der Waals surface area contributed by atoms with Crippen molar-refractivity contribution in [2.75, 3.05) is 10.2 Å². The number of thioether (sulfide) groups is 1. The third kappa shape index (κ3) is 2.70. The maximum atomic E-state index is 6.42. The maximum Gasteiger partial charge on any atom is 0.243 e. The molecule has 0 aliphatic carbocycles. The lowest BCUT2D eigenvalue weighted by molar-refractivity contribution is 0.891. The van der Waals surface area contributed by atoms with Crippen LogP contribution in [0.4, 0.5) is 11.5 Å². The van der Waals surface area contributed by atoms with Gasteiger partial charge in [0.05, 0.1) is 10.7 Å². The van der Waals surface area contributed by atoms with Crippen molar-refractivity contribution in [3.63, 3.8) is 0 Å². The summed E-state index contributed by atoms with van der Waals surface area (Å²) in [6.45, 7) is 2.04. The van der Waals surface area contributed by atoms with E-state index in [1.54, 1.807) is 16.3 Å². The number of anilines is 2. The molecule has 4 rings (SSSR count). The molecule has 122 valence electrons. The fourth-order valence-corrected chi connectivity index (χ4v) is 4.02. The van der Waals surface area contributed by atoms with Crippen LogP contribution in [0, 0.1) is 6.92 Å². The van der Waals surface area contributed by atoms with Crippen LogP contribution in [0.2, 0.25) is 10.3 Å². The minimum atomic E-state index is -0.0757. The number of hydrogen-bond donors (Lipinski definition) is 1. The summed E-state index contributed by atoms with van der Waals surface area (Å²) in [5.74, 6) is 0.677. The molecular weight excluding hydrogens is 365 g/mol. The topological polar surface area (TPSA) is 45.5 Å². The summed E-state index contributed by atoms with van der Waals surface area (Å²) in [5, 5.41) is 10.5. The van der Waals surface area contributed by atoms with Gasteiger partial charge in [0, 0.05) is 12.4 Å². The van der Waals surface area contributed by atoms with Crippen LogP contribution in [-0.4, -0.2) is 20.1 Å². The highest BCUT2D eigenvalue weighted by Crippen LogP contribution is 2.38. The SMILES string of the molecule is Cc1cccc(Cl)c1N1C=CSC1Nc1nc(Cl)nn2cccc12. The molecule has 0 fully saturated rings. The van der Waals surface area contributed by atoms with Crippen LogP contribution in [0.3, 0.4) is 0 Å². The lowest BCUT2D eigenvalue weighted by Gasteiger charge is -2.28. The van der Waals surface area contributed by atoms with Crippen LogP contribution in [-0.2, 0) is 0 Å². The van der Waals surface area contributed by atoms with Crippen molar-refractivity contribution < 1.29 is 0 Å². The number of hydrogen-bond acceptors (Lipinski definition) is 5. The second kappa shape index (κ2) is 6.20. The van der Waals surface area contributed by atoms with E-state index in [-0.39, 0.29) is 10.8 Å². The Balaban J connectivity index is 1.70. The van der Waals surface area contributed by atoms with E-state index in [1.165, 1.54) is 0 Å². The summed E-state index contributed by atoms with van der Waals surface area (Å²) < 4.78 is 1.70. The van der Waals surface area contributed by atoms with Crippen molar-refractivity contribution in [3.8, 4) is 0 Å². The Bertz CT molecular complexity index is 919. The molecule has 0 spiro atoms. The zero-order valence-electron chi connectivity index (χ0n) is 12.6. The molecular formula is C16H13Cl2N5S. The molecule has 0 bridgehead atoms. The molecule has 0 amide bonds. The van der Waals surface area contributed by atoms with Gasteiger partial charge in [-0.15, -0.1) is 5.10 Å². The monoisotopic (exact) mass is 377 g/mol. The molecule has 1 N–H and O–H groups in total. The minimum absolute atomic E-state index is 0.0757. The first-order valence-corrected chi connectivity index (χ1v) is 8.96. The molecule has 1 aliphatic heterocycles. The Morgan fingerprint density at radius 1 is 1.21 bits per heavy atom. The molecule has 8 heteroatoms. The summed E-state index contributed by atoms with van der Waals surface area (Å²) in [6.07, 6.45) is 3.85. The van der Waals surface area contributed by atoms with Crippen LogP contribution in [0.5, 0.6) is 0 Å². The van der Waals surface area contributed by atoms with E-state index < -0.39 is 0 Å². The zero-order chi connectivity index (χ0) is 16.7. The normalized spacial score (nSPS) is 17.0. The Morgan fingerprint density at radius 2 is 2.08 bits per heavy atom. The number of para-hydroxylation sites is 1. The number of rotatable bonds is 3. The van der Waals surface area contributed by atoms with Crippen molar-refractivity contribution >= 4 is 52.0 Å². The molecule has 24 heavy (non-hydrogen) atoms. The Kier molecular flexibility index (Phi) is 4.04. The van der Waals surface area contributed by atoms with Crippen LogP contribution >= 0.6 is 35.0 Å². The van der Waals surface area contributed by atoms with Gasteiger partial charge < -0.3 is 10.2 Å². The lowest BCUT2D eigenvalue weighted by Crippen LogP contribution is -2.32. The molecule has 3 aromatic rings. The predicted octanol–water partition coefficient (Wildman–Crippen LogP) is 4.76. The van der Waals surface area contributed by atoms with Gasteiger partial charge in [-0.1, -0.05) is 35.5 Å². The van der Waals surface area contributed by atoms with Gasteiger partial charge in [0.25, 0.3) is 0 Å². The smallest absolute Gasteiger partial charge is 0.243 e. The molecule has 0 saturated carbocycles. The van der Waals surface area contributed by atoms with Crippen LogP contribution < -0.4 is 10.2 Å². The van der Waals surface area contributed by atoms with Gasteiger partial charge >= 0.3 is 0 Å². The second-order valence-electron chi connectivity index (χ2n) is 5.30. The van der Waals surface area contributed by atoms with Gasteiger partial charge in [0.15, 0.2) is 11.3 Å². The lowest BCUT2D eigenvalue weighted by atomic mass is 10.2. The number of nitrogens with zero attached hydrogens (tertiary/aromatic N) is 4. The highest BCUT2D eigenvalue weighted by atomic mass is 35.5. The summed E-state index contributed by atoms with van der Waals surface area (Å²) in [6, 6.07) is 9.73. The number of fused-ring (bicyclic) bond motifs is 1. The molecule has 3 heterocycles. The van der Waals surface area contributed by atoms with Gasteiger partial charge in [-0.25, -0.2) is 4.52 Å². The Morgan fingerprint density at radius 3 is 2.92 bits per heavy atom. The molecule has 5 nitrogen and oxygen atoms in total. The minimum Gasteiger partial charge on any atom is -0.339 e. The number of benzene rings is 1. The first kappa shape index (κ1) is 15.6. The molecule has 1 atom stereocenters. The highest BCUT2D eigenvalue weighted by Gasteiger charge is 2.25. The van der Waals surface area contributed by atoms with Gasteiger partial charge in [0.2, 0.25) is 5.28 Å². The third-order valence-corrected chi connectivity index (χ3v) is 5.10. The molecule has 0 radical (unpaired) electrons. The van der Waals surface area contributed by atoms with Crippen LogP contribution in [0.15, 0.2) is 48.1 Å². The van der Waals surface area contributed by atoms with Gasteiger partial charge in [0.1, 0.15) is 5.52 Å². The molecule has 1 aromatic carbocycles. The molecule has 0 saturated heterocycles. The van der Waals surface area contributed by atoms with E-state index in [4.69, 9.17) is 23.2 Å². The fraction of sp³-hybridized carbons (Fsp3) is 0.125. The Labute approximate surface area is 153 Å². The first-order valence-electron chi connectivity index (χ1n) is 7.26. The third-order valence-electron chi connectivity index (χ3n) is 3.75. The Hall–Kier alpha value is -1.89. The van der Waals surface area contributed by atoms with Gasteiger partial charge in [-0.3, -0.25) is 0 Å². The van der Waals surface area contributed by atoms with Crippen molar-refractivity contribution in [3.05, 3.63) is 64.0 Å². The van der Waals surface area contributed by atoms with Crippen molar-refractivity contribution in [2.24, 2.45) is 0 Å². The summed E-state index contributed by atoms with van der Waals surface area (Å²) in [4.78, 5) is 6.43. The summed E-state index contributed by atoms with van der Waals surface area (Å²) in [7, 11) is 0. The van der Waals surface area contributed by atoms with E-state index in [2.05, 4.69) is 20.3 Å². The van der Waals surface area contributed by atoms with Gasteiger partial charge in [-0.05, 0) is 47.7 Å². The summed E-state index contributed by atoms with van der Waals surface area (Å²) >= 11 is 14.1. The second-order valence-corrected chi connectivity index (χ2v) is 7.03. The zero-order valence-corrected chi connectivity index (χ0v) is 15.0. The van der Waals surface area contributed by atoms with Crippen molar-refractivity contribution in [2.45, 2.75) is 12.4 Å². The highest BCUT2D eigenvalue weighted by molar-refractivity contribution is 8.03. The van der Waals surface area contributed by atoms with Crippen molar-refractivity contribution in [1.82, 2.24) is 14.6 Å². The van der Waals surface area contributed by atoms with E-state index in [1.807, 2.05) is 55.1 Å². The average Bonchev–Trinajstić information content (AvgIpc) is 3.17. The van der Waals surface area contributed by atoms with Crippen LogP contribution in [0.25, 0.3) is 5.52 Å². The first-order chi connectivity index (χ1) is 11.6. The molecule has 1 unspecified atom stereocenters. The number of aromatic nitrogens is 3. The molecule has 1 aliphatic rings.